The number of alkyl carbamates (subject to hydrolysis) is 2. The zero-order valence-electron chi connectivity index (χ0n) is 51.9. The quantitative estimate of drug-likeness (QED) is 0.143. The number of methoxy groups -OCH3 is 2. The first-order valence-electron chi connectivity index (χ1n) is 29.4. The number of fused-ring (bicyclic) bond motifs is 10. The molecule has 496 valence electrons. The average molecular weight is 1360 g/mol. The summed E-state index contributed by atoms with van der Waals surface area (Å²) in [6.07, 6.45) is -2.91. The molecule has 2 saturated heterocycles. The molecule has 4 bridgehead atoms. The Kier molecular flexibility index (Phi) is 21.1. The van der Waals surface area contributed by atoms with Gasteiger partial charge < -0.3 is 58.4 Å². The second-order valence-electron chi connectivity index (χ2n) is 26.4. The van der Waals surface area contributed by atoms with E-state index in [-0.39, 0.29) is 110 Å². The van der Waals surface area contributed by atoms with Gasteiger partial charge in [-0.15, -0.1) is 0 Å². The third kappa shape index (κ3) is 14.6. The zero-order valence-corrected chi connectivity index (χ0v) is 54.7. The molecule has 20 nitrogen and oxygen atoms in total. The Morgan fingerprint density at radius 2 is 1.01 bits per heavy atom. The largest absolute Gasteiger partial charge is 0.540 e. The number of carbonyl (C=O) groups is 4. The van der Waals surface area contributed by atoms with Gasteiger partial charge in [-0.3, -0.25) is 9.59 Å². The van der Waals surface area contributed by atoms with Crippen molar-refractivity contribution in [1.82, 2.24) is 40.4 Å². The van der Waals surface area contributed by atoms with Crippen molar-refractivity contribution in [2.75, 3.05) is 27.3 Å². The Morgan fingerprint density at radius 1 is 0.593 bits per heavy atom. The summed E-state index contributed by atoms with van der Waals surface area (Å²) in [6.45, 7) is 14.5. The van der Waals surface area contributed by atoms with Gasteiger partial charge in [0, 0.05) is 68.0 Å². The number of amides is 4. The molecule has 0 spiro atoms. The van der Waals surface area contributed by atoms with Crippen LogP contribution in [0, 0.1) is 34.5 Å². The van der Waals surface area contributed by atoms with Crippen LogP contribution in [0.3, 0.4) is 0 Å². The van der Waals surface area contributed by atoms with E-state index in [0.717, 1.165) is 9.80 Å². The Hall–Kier alpha value is -6.25. The summed E-state index contributed by atoms with van der Waals surface area (Å²) in [5, 5.41) is 5.23. The molecule has 2 radical (unpaired) electrons. The van der Waals surface area contributed by atoms with Crippen molar-refractivity contribution < 1.29 is 129 Å². The van der Waals surface area contributed by atoms with E-state index in [1.54, 1.807) is 62.3 Å². The van der Waals surface area contributed by atoms with Crippen LogP contribution in [0.2, 0.25) is 0 Å². The van der Waals surface area contributed by atoms with E-state index < -0.39 is 154 Å². The second-order valence-corrected chi connectivity index (χ2v) is 26.4. The molecular formula is C61H72F8N8O12V2-2. The molecule has 4 aromatic rings. The number of hydrogen-bond acceptors (Lipinski definition) is 16. The van der Waals surface area contributed by atoms with Gasteiger partial charge in [0.2, 0.25) is 23.6 Å². The van der Waals surface area contributed by atoms with Gasteiger partial charge in [-0.25, -0.2) is 42.1 Å². The summed E-state index contributed by atoms with van der Waals surface area (Å²) < 4.78 is 158. The minimum Gasteiger partial charge on any atom is -0.540 e. The Balaban J connectivity index is 0.000000253. The van der Waals surface area contributed by atoms with E-state index in [0.29, 0.717) is 24.3 Å². The van der Waals surface area contributed by atoms with Crippen LogP contribution in [0.15, 0.2) is 36.4 Å². The molecule has 6 heterocycles. The standard InChI is InChI=1S/C31H37F4N4O6.C30H35F4N4O6.2V/c1-16-21(15-40)39-14-22(16)44-25-23(36-19-10-9-18(43-6)12-20(19)37-25)31(34,35)30(32,33)11-7-8-17-13-29(17,5)45-27(42)38-24(26(39)41)28(2,3)4;1-15-20(14-39)38-13-22(15)43-25-23(35-18-9-8-17(42-5)12-19(18)36-25)30(33,34)29(31,32)10-6-7-16-11-21(16)44-27(41)37-24(26(38)40)28(2,3)4;;/h9-10,12,16-17,21-22,24H,7-8,11,13-14H2,1-6H3,(H,38,42);8-9,12,15-16,20-22,24H,6-7,10-11,13H2,1-5H3,(H,37,41);;/q2*-1;;/t16-,17+,21+,22-,24+,29+;15-,16+,20+,21+,22-,24+;;/m00../s1. The van der Waals surface area contributed by atoms with Gasteiger partial charge in [0.15, 0.2) is 11.4 Å². The fourth-order valence-corrected chi connectivity index (χ4v) is 11.9. The van der Waals surface area contributed by atoms with Crippen molar-refractivity contribution >= 4 is 58.6 Å². The van der Waals surface area contributed by atoms with Gasteiger partial charge in [0.1, 0.15) is 47.5 Å². The molecule has 0 unspecified atom stereocenters. The number of benzene rings is 2. The number of rotatable bonds is 4. The summed E-state index contributed by atoms with van der Waals surface area (Å²) in [5.74, 6) is -23.3. The van der Waals surface area contributed by atoms with E-state index in [1.165, 1.54) is 50.6 Å². The van der Waals surface area contributed by atoms with Crippen molar-refractivity contribution in [3.05, 3.63) is 47.8 Å². The van der Waals surface area contributed by atoms with E-state index in [1.807, 2.05) is 12.6 Å². The van der Waals surface area contributed by atoms with E-state index >= 15 is 35.1 Å². The number of nitrogens with one attached hydrogen (secondary N) is 2. The van der Waals surface area contributed by atoms with Gasteiger partial charge >= 0.3 is 35.9 Å². The van der Waals surface area contributed by atoms with Crippen molar-refractivity contribution in [2.24, 2.45) is 34.5 Å². The fourth-order valence-electron chi connectivity index (χ4n) is 11.9. The maximum absolute atomic E-state index is 15.9. The third-order valence-corrected chi connectivity index (χ3v) is 17.8. The predicted octanol–water partition coefficient (Wildman–Crippen LogP) is 9.95. The van der Waals surface area contributed by atoms with Crippen molar-refractivity contribution in [2.45, 2.75) is 185 Å². The number of aromatic nitrogens is 4. The zero-order chi connectivity index (χ0) is 65.3. The summed E-state index contributed by atoms with van der Waals surface area (Å²) in [5.41, 5.74) is -5.42. The smallest absolute Gasteiger partial charge is 0.408 e. The molecule has 2 N–H and O–H groups in total. The number of hydrogen-bond donors (Lipinski definition) is 2. The van der Waals surface area contributed by atoms with Gasteiger partial charge in [0.25, 0.3) is 0 Å². The van der Waals surface area contributed by atoms with Gasteiger partial charge in [-0.05, 0) is 98.3 Å². The molecule has 4 aliphatic heterocycles. The summed E-state index contributed by atoms with van der Waals surface area (Å²) >= 11 is 0. The van der Waals surface area contributed by atoms with Crippen LogP contribution < -0.4 is 29.6 Å². The topological polar surface area (TPSA) is 240 Å². The molecule has 6 aliphatic rings. The van der Waals surface area contributed by atoms with Crippen LogP contribution >= 0.6 is 0 Å². The van der Waals surface area contributed by atoms with Crippen LogP contribution in [0.5, 0.6) is 23.3 Å². The monoisotopic (exact) mass is 1360 g/mol. The van der Waals surface area contributed by atoms with E-state index in [2.05, 4.69) is 30.6 Å². The fraction of sp³-hybridized carbons (Fsp3) is 0.639. The second kappa shape index (κ2) is 26.6. The molecule has 2 aromatic carbocycles. The molecule has 2 aliphatic carbocycles. The minimum absolute atomic E-state index is 0. The molecule has 10 rings (SSSR count). The molecule has 2 saturated carbocycles. The molecule has 91 heavy (non-hydrogen) atoms. The first kappa shape index (κ1) is 72.2. The maximum Gasteiger partial charge on any atom is 0.408 e. The number of carbonyl (C=O) groups excluding carboxylic acids is 6. The number of alkyl halides is 8. The average Bonchev–Trinajstić information content (AvgIpc) is 0.946. The Morgan fingerprint density at radius 3 is 1.42 bits per heavy atom. The SMILES string of the molecule is COc1ccc2nc3c(nc2c1)O[C@H]1CN(C(=O)[C@H](C(C)(C)C)NC(=O)O[C@@H]2C[C@H]2CCCC(F)(F)C3(F)F)[C@H]([C-]=O)[C@@H]1C.COc1ccc2nc3c(nc2c1)O[C@H]1CN(C(=O)[C@H](C(C)(C)C)NC(=O)O[C@]2(C)C[C@H]2CCCC(F)(F)C3(F)F)[C@H]([C-]=O)[C@@H]1C.[V].[V]. The minimum atomic E-state index is -4.80. The summed E-state index contributed by atoms with van der Waals surface area (Å²) in [4.78, 5) is 96.2. The molecule has 12 atom stereocenters. The van der Waals surface area contributed by atoms with Crippen LogP contribution in [0.1, 0.15) is 125 Å². The van der Waals surface area contributed by atoms with E-state index in [9.17, 15) is 28.8 Å². The molecular weight excluding hydrogens is 1290 g/mol. The molecule has 2 aromatic heterocycles. The number of ether oxygens (including phenoxy) is 6. The molecule has 4 fully saturated rings. The van der Waals surface area contributed by atoms with Gasteiger partial charge in [0.05, 0.1) is 49.4 Å². The van der Waals surface area contributed by atoms with Gasteiger partial charge in [-0.2, -0.15) is 35.1 Å². The normalized spacial score (nSPS) is 30.5. The van der Waals surface area contributed by atoms with Crippen molar-refractivity contribution in [1.29, 1.82) is 0 Å². The van der Waals surface area contributed by atoms with Crippen molar-refractivity contribution in [3.8, 4) is 23.3 Å². The third-order valence-electron chi connectivity index (χ3n) is 17.8. The van der Waals surface area contributed by atoms with E-state index in [4.69, 9.17) is 28.4 Å². The van der Waals surface area contributed by atoms with Crippen molar-refractivity contribution in [3.63, 3.8) is 0 Å². The first-order valence-corrected chi connectivity index (χ1v) is 29.4. The molecule has 4 amide bonds. The Labute approximate surface area is 544 Å². The molecule has 30 heteroatoms. The number of nitrogens with zero attached hydrogens (tertiary/aromatic N) is 6. The maximum atomic E-state index is 15.9. The number of halogens is 8. The predicted molar refractivity (Wildman–Crippen MR) is 301 cm³/mol. The summed E-state index contributed by atoms with van der Waals surface area (Å²) in [6, 6.07) is 3.67. The first-order chi connectivity index (χ1) is 41.5. The van der Waals surface area contributed by atoms with Crippen LogP contribution in [0.4, 0.5) is 44.7 Å². The van der Waals surface area contributed by atoms with Crippen LogP contribution in [-0.2, 0) is 77.6 Å². The summed E-state index contributed by atoms with van der Waals surface area (Å²) in [7, 11) is 2.78. The van der Waals surface area contributed by atoms with Crippen LogP contribution in [-0.4, -0.2) is 154 Å². The van der Waals surface area contributed by atoms with Gasteiger partial charge in [-0.1, -0.05) is 67.5 Å². The Bertz CT molecular complexity index is 3400. The van der Waals surface area contributed by atoms with Crippen LogP contribution in [0.25, 0.3) is 22.1 Å².